The average molecular weight is 304 g/mol. The molecule has 0 unspecified atom stereocenters. The minimum atomic E-state index is 0.0144. The highest BCUT2D eigenvalue weighted by Crippen LogP contribution is 2.45. The lowest BCUT2D eigenvalue weighted by atomic mass is 10.1. The highest BCUT2D eigenvalue weighted by molar-refractivity contribution is 14.1. The number of nitrogens with one attached hydrogen (secondary N) is 1. The van der Waals surface area contributed by atoms with Gasteiger partial charge in [0, 0.05) is 5.41 Å². The normalized spacial score (nSPS) is 18.2. The van der Waals surface area contributed by atoms with E-state index >= 15 is 0 Å². The van der Waals surface area contributed by atoms with Crippen LogP contribution >= 0.6 is 22.6 Å². The molecule has 0 aromatic carbocycles. The summed E-state index contributed by atoms with van der Waals surface area (Å²) in [5.41, 5.74) is 1.09. The van der Waals surface area contributed by atoms with Crippen LogP contribution in [0.4, 0.5) is 0 Å². The summed E-state index contributed by atoms with van der Waals surface area (Å²) in [4.78, 5) is 19.0. The van der Waals surface area contributed by atoms with Gasteiger partial charge in [0.05, 0.1) is 9.26 Å². The summed E-state index contributed by atoms with van der Waals surface area (Å²) in [5.74, 6) is 0.875. The molecule has 1 aliphatic carbocycles. The highest BCUT2D eigenvalue weighted by Gasteiger charge is 2.41. The smallest absolute Gasteiger partial charge is 0.264 e. The fraction of sp³-hybridized carbons (Fsp3) is 0.600. The number of aromatic nitrogens is 2. The minimum absolute atomic E-state index is 0.0144. The summed E-state index contributed by atoms with van der Waals surface area (Å²) in [6, 6.07) is 0. The maximum Gasteiger partial charge on any atom is 0.264 e. The molecule has 0 bridgehead atoms. The molecule has 0 amide bonds. The third-order valence-electron chi connectivity index (χ3n) is 2.84. The predicted molar refractivity (Wildman–Crippen MR) is 63.5 cm³/mol. The maximum absolute atomic E-state index is 11.6. The van der Waals surface area contributed by atoms with Gasteiger partial charge in [0.15, 0.2) is 0 Å². The van der Waals surface area contributed by atoms with Crippen LogP contribution in [0.5, 0.6) is 0 Å². The molecule has 14 heavy (non-hydrogen) atoms. The van der Waals surface area contributed by atoms with Crippen LogP contribution in [-0.4, -0.2) is 9.97 Å². The predicted octanol–water partition coefficient (Wildman–Crippen LogP) is 1.99. The van der Waals surface area contributed by atoms with Gasteiger partial charge in [0.2, 0.25) is 0 Å². The van der Waals surface area contributed by atoms with E-state index in [4.69, 9.17) is 0 Å². The number of aryl methyl sites for hydroxylation is 1. The second kappa shape index (κ2) is 3.32. The molecule has 4 heteroatoms. The topological polar surface area (TPSA) is 45.8 Å². The molecule has 76 valence electrons. The molecule has 0 spiro atoms. The van der Waals surface area contributed by atoms with Gasteiger partial charge >= 0.3 is 0 Å². The van der Waals surface area contributed by atoms with Crippen molar-refractivity contribution in [3.8, 4) is 0 Å². The van der Waals surface area contributed by atoms with Crippen LogP contribution in [0, 0.1) is 3.57 Å². The van der Waals surface area contributed by atoms with Gasteiger partial charge < -0.3 is 4.98 Å². The lowest BCUT2D eigenvalue weighted by Crippen LogP contribution is -2.21. The van der Waals surface area contributed by atoms with Gasteiger partial charge in [0.1, 0.15) is 5.82 Å². The van der Waals surface area contributed by atoms with E-state index in [-0.39, 0.29) is 11.0 Å². The van der Waals surface area contributed by atoms with Gasteiger partial charge in [-0.3, -0.25) is 4.79 Å². The Labute approximate surface area is 96.5 Å². The molecule has 0 atom stereocenters. The summed E-state index contributed by atoms with van der Waals surface area (Å²) in [6.45, 7) is 4.18. The van der Waals surface area contributed by atoms with Crippen molar-refractivity contribution >= 4 is 22.6 Å². The molecule has 2 rings (SSSR count). The molecule has 0 saturated heterocycles. The minimum Gasteiger partial charge on any atom is -0.309 e. The van der Waals surface area contributed by atoms with Crippen molar-refractivity contribution < 1.29 is 0 Å². The van der Waals surface area contributed by atoms with Crippen LogP contribution in [0.25, 0.3) is 0 Å². The third kappa shape index (κ3) is 1.60. The summed E-state index contributed by atoms with van der Waals surface area (Å²) in [5, 5.41) is 0. The Balaban J connectivity index is 2.54. The first kappa shape index (κ1) is 10.1. The van der Waals surface area contributed by atoms with E-state index in [1.807, 2.05) is 6.92 Å². The summed E-state index contributed by atoms with van der Waals surface area (Å²) in [6.07, 6.45) is 3.10. The van der Waals surface area contributed by atoms with Gasteiger partial charge in [-0.25, -0.2) is 4.98 Å². The molecule has 1 aromatic heterocycles. The van der Waals surface area contributed by atoms with Crippen LogP contribution in [0.3, 0.4) is 0 Å². The molecule has 1 saturated carbocycles. The van der Waals surface area contributed by atoms with Crippen molar-refractivity contribution in [1.29, 1.82) is 0 Å². The number of halogens is 1. The number of rotatable bonds is 2. The zero-order valence-electron chi connectivity index (χ0n) is 8.35. The van der Waals surface area contributed by atoms with Crippen LogP contribution in [0.15, 0.2) is 4.79 Å². The molecule has 1 heterocycles. The van der Waals surface area contributed by atoms with Crippen LogP contribution in [0.1, 0.15) is 38.2 Å². The molecule has 1 N–H and O–H groups in total. The first-order valence-corrected chi connectivity index (χ1v) is 5.94. The van der Waals surface area contributed by atoms with Crippen molar-refractivity contribution in [2.24, 2.45) is 0 Å². The van der Waals surface area contributed by atoms with Crippen molar-refractivity contribution in [2.75, 3.05) is 0 Å². The number of hydrogen-bond donors (Lipinski definition) is 1. The lowest BCUT2D eigenvalue weighted by molar-refractivity contribution is 0.689. The molecule has 3 nitrogen and oxygen atoms in total. The summed E-state index contributed by atoms with van der Waals surface area (Å²) >= 11 is 2.06. The van der Waals surface area contributed by atoms with Crippen molar-refractivity contribution in [2.45, 2.75) is 38.5 Å². The van der Waals surface area contributed by atoms with E-state index in [2.05, 4.69) is 39.5 Å². The number of aromatic amines is 1. The Morgan fingerprint density at radius 3 is 2.71 bits per heavy atom. The number of nitrogens with zero attached hydrogens (tertiary/aromatic N) is 1. The van der Waals surface area contributed by atoms with E-state index in [1.54, 1.807) is 0 Å². The van der Waals surface area contributed by atoms with E-state index < -0.39 is 0 Å². The van der Waals surface area contributed by atoms with Gasteiger partial charge in [-0.1, -0.05) is 13.8 Å². The van der Waals surface area contributed by atoms with Gasteiger partial charge in [-0.15, -0.1) is 0 Å². The van der Waals surface area contributed by atoms with Crippen molar-refractivity contribution in [3.05, 3.63) is 25.4 Å². The Morgan fingerprint density at radius 1 is 1.57 bits per heavy atom. The fourth-order valence-electron chi connectivity index (χ4n) is 1.45. The fourth-order valence-corrected chi connectivity index (χ4v) is 2.09. The zero-order valence-corrected chi connectivity index (χ0v) is 10.5. The molecule has 1 aliphatic rings. The van der Waals surface area contributed by atoms with E-state index in [1.165, 1.54) is 0 Å². The standard InChI is InChI=1S/C10H13IN2O/c1-3-6-7(11)8(14)13-9(12-6)10(2)4-5-10/h3-5H2,1-2H3,(H,12,13,14). The zero-order chi connectivity index (χ0) is 10.3. The second-order valence-electron chi connectivity index (χ2n) is 4.09. The lowest BCUT2D eigenvalue weighted by Gasteiger charge is -2.09. The number of hydrogen-bond acceptors (Lipinski definition) is 2. The highest BCUT2D eigenvalue weighted by atomic mass is 127. The van der Waals surface area contributed by atoms with E-state index in [9.17, 15) is 4.79 Å². The Bertz CT molecular complexity index is 421. The Hall–Kier alpha value is -0.390. The molecular formula is C10H13IN2O. The monoisotopic (exact) mass is 304 g/mol. The van der Waals surface area contributed by atoms with Crippen LogP contribution in [-0.2, 0) is 11.8 Å². The van der Waals surface area contributed by atoms with E-state index in [0.29, 0.717) is 0 Å². The molecule has 0 aliphatic heterocycles. The third-order valence-corrected chi connectivity index (χ3v) is 3.95. The number of H-pyrrole nitrogens is 1. The quantitative estimate of drug-likeness (QED) is 0.849. The first-order chi connectivity index (χ1) is 6.57. The van der Waals surface area contributed by atoms with Gasteiger partial charge in [0.25, 0.3) is 5.56 Å². The Morgan fingerprint density at radius 2 is 2.21 bits per heavy atom. The van der Waals surface area contributed by atoms with E-state index in [0.717, 1.165) is 34.4 Å². The largest absolute Gasteiger partial charge is 0.309 e. The van der Waals surface area contributed by atoms with Crippen LogP contribution in [0.2, 0.25) is 0 Å². The van der Waals surface area contributed by atoms with Crippen molar-refractivity contribution in [3.63, 3.8) is 0 Å². The first-order valence-electron chi connectivity index (χ1n) is 4.86. The van der Waals surface area contributed by atoms with Crippen molar-refractivity contribution in [1.82, 2.24) is 9.97 Å². The maximum atomic E-state index is 11.6. The Kier molecular flexibility index (Phi) is 2.41. The molecule has 1 fully saturated rings. The van der Waals surface area contributed by atoms with Gasteiger partial charge in [-0.05, 0) is 41.9 Å². The summed E-state index contributed by atoms with van der Waals surface area (Å²) in [7, 11) is 0. The molecule has 0 radical (unpaired) electrons. The van der Waals surface area contributed by atoms with Crippen LogP contribution < -0.4 is 5.56 Å². The second-order valence-corrected chi connectivity index (χ2v) is 5.17. The van der Waals surface area contributed by atoms with Gasteiger partial charge in [-0.2, -0.15) is 0 Å². The average Bonchev–Trinajstić information content (AvgIpc) is 2.89. The SMILES string of the molecule is CCc1nc(C2(C)CC2)[nH]c(=O)c1I. The molecule has 1 aromatic rings. The summed E-state index contributed by atoms with van der Waals surface area (Å²) < 4.78 is 0.734. The molecular weight excluding hydrogens is 291 g/mol.